The molecule has 2 amide bonds. The number of hydrogen-bond donors (Lipinski definition) is 1. The van der Waals surface area contributed by atoms with Crippen LogP contribution in [0.15, 0.2) is 48.5 Å². The molecule has 0 aromatic heterocycles. The average Bonchev–Trinajstić information content (AvgIpc) is 2.71. The number of nitrogens with zero attached hydrogens (tertiary/aromatic N) is 2. The van der Waals surface area contributed by atoms with Crippen LogP contribution in [-0.4, -0.2) is 50.0 Å². The molecule has 10 heteroatoms. The zero-order valence-corrected chi connectivity index (χ0v) is 20.7. The smallest absolute Gasteiger partial charge is 0.244 e. The molecule has 33 heavy (non-hydrogen) atoms. The molecule has 0 radical (unpaired) electrons. The van der Waals surface area contributed by atoms with E-state index in [2.05, 4.69) is 5.32 Å². The second-order valence-corrected chi connectivity index (χ2v) is 10.3. The van der Waals surface area contributed by atoms with Crippen molar-refractivity contribution < 1.29 is 22.4 Å². The Kier molecular flexibility index (Phi) is 9.25. The van der Waals surface area contributed by atoms with Crippen LogP contribution >= 0.6 is 11.6 Å². The third-order valence-electron chi connectivity index (χ3n) is 4.86. The lowest BCUT2D eigenvalue weighted by Crippen LogP contribution is -2.53. The summed E-state index contributed by atoms with van der Waals surface area (Å²) in [5, 5.41) is 3.34. The Morgan fingerprint density at radius 1 is 1.12 bits per heavy atom. The fourth-order valence-corrected chi connectivity index (χ4v) is 4.30. The van der Waals surface area contributed by atoms with E-state index in [9.17, 15) is 22.4 Å². The maximum Gasteiger partial charge on any atom is 0.244 e. The highest BCUT2D eigenvalue weighted by Gasteiger charge is 2.32. The molecule has 0 bridgehead atoms. The van der Waals surface area contributed by atoms with Gasteiger partial charge in [0.05, 0.1) is 11.9 Å². The second kappa shape index (κ2) is 11.5. The first-order valence-electron chi connectivity index (χ1n) is 10.5. The molecule has 0 spiro atoms. The SMILES string of the molecule is CCC(C(=O)NC(C)C)N(Cc1ccc(Cl)cc1)C(=O)CN(c1cccc(F)c1)S(C)(=O)=O. The lowest BCUT2D eigenvalue weighted by atomic mass is 10.1. The number of sulfonamides is 1. The molecule has 1 atom stereocenters. The van der Waals surface area contributed by atoms with Crippen molar-refractivity contribution in [2.24, 2.45) is 0 Å². The highest BCUT2D eigenvalue weighted by molar-refractivity contribution is 7.92. The molecule has 1 unspecified atom stereocenters. The molecule has 0 saturated carbocycles. The fraction of sp³-hybridized carbons (Fsp3) is 0.391. The van der Waals surface area contributed by atoms with E-state index in [1.807, 2.05) is 13.8 Å². The number of carbonyl (C=O) groups is 2. The summed E-state index contributed by atoms with van der Waals surface area (Å²) in [5.41, 5.74) is 0.747. The van der Waals surface area contributed by atoms with Crippen LogP contribution in [0.25, 0.3) is 0 Å². The third-order valence-corrected chi connectivity index (χ3v) is 6.25. The first-order valence-corrected chi connectivity index (χ1v) is 12.7. The van der Waals surface area contributed by atoms with Crippen LogP contribution < -0.4 is 9.62 Å². The predicted octanol–water partition coefficient (Wildman–Crippen LogP) is 3.58. The average molecular weight is 498 g/mol. The van der Waals surface area contributed by atoms with Crippen LogP contribution in [0.4, 0.5) is 10.1 Å². The molecule has 2 aromatic rings. The van der Waals surface area contributed by atoms with Crippen molar-refractivity contribution in [3.05, 3.63) is 64.9 Å². The normalized spacial score (nSPS) is 12.3. The minimum Gasteiger partial charge on any atom is -0.352 e. The molecular weight excluding hydrogens is 469 g/mol. The number of anilines is 1. The highest BCUT2D eigenvalue weighted by Crippen LogP contribution is 2.21. The van der Waals surface area contributed by atoms with Crippen molar-refractivity contribution in [3.8, 4) is 0 Å². The zero-order chi connectivity index (χ0) is 24.8. The molecule has 0 heterocycles. The zero-order valence-electron chi connectivity index (χ0n) is 19.1. The van der Waals surface area contributed by atoms with E-state index >= 15 is 0 Å². The summed E-state index contributed by atoms with van der Waals surface area (Å²) >= 11 is 5.96. The quantitative estimate of drug-likeness (QED) is 0.543. The highest BCUT2D eigenvalue weighted by atomic mass is 35.5. The Morgan fingerprint density at radius 2 is 1.76 bits per heavy atom. The van der Waals surface area contributed by atoms with Gasteiger partial charge in [-0.25, -0.2) is 12.8 Å². The monoisotopic (exact) mass is 497 g/mol. The minimum absolute atomic E-state index is 0.0250. The van der Waals surface area contributed by atoms with Crippen LogP contribution in [0.5, 0.6) is 0 Å². The van der Waals surface area contributed by atoms with Gasteiger partial charge in [0.2, 0.25) is 21.8 Å². The van der Waals surface area contributed by atoms with Gasteiger partial charge in [-0.2, -0.15) is 0 Å². The predicted molar refractivity (Wildman–Crippen MR) is 128 cm³/mol. The van der Waals surface area contributed by atoms with Crippen molar-refractivity contribution in [3.63, 3.8) is 0 Å². The number of benzene rings is 2. The first kappa shape index (κ1) is 26.6. The molecule has 180 valence electrons. The van der Waals surface area contributed by atoms with E-state index in [-0.39, 0.29) is 24.2 Å². The Morgan fingerprint density at radius 3 is 2.27 bits per heavy atom. The molecule has 0 aliphatic carbocycles. The summed E-state index contributed by atoms with van der Waals surface area (Å²) in [6.07, 6.45) is 1.26. The van der Waals surface area contributed by atoms with Crippen LogP contribution in [0, 0.1) is 5.82 Å². The Labute approximate surface area is 199 Å². The Bertz CT molecular complexity index is 1080. The van der Waals surface area contributed by atoms with Crippen LogP contribution in [0.1, 0.15) is 32.8 Å². The van der Waals surface area contributed by atoms with Gasteiger partial charge < -0.3 is 10.2 Å². The molecular formula is C23H29ClFN3O4S. The van der Waals surface area contributed by atoms with Gasteiger partial charge in [-0.3, -0.25) is 13.9 Å². The number of hydrogen-bond acceptors (Lipinski definition) is 4. The standard InChI is InChI=1S/C23H29ClFN3O4S/c1-5-21(23(30)26-16(2)3)27(14-17-9-11-18(24)12-10-17)22(29)15-28(33(4,31)32)20-8-6-7-19(25)13-20/h6-13,16,21H,5,14-15H2,1-4H3,(H,26,30). The van der Waals surface area contributed by atoms with Crippen molar-refractivity contribution in [2.45, 2.75) is 45.8 Å². The number of rotatable bonds is 10. The number of nitrogens with one attached hydrogen (secondary N) is 1. The van der Waals surface area contributed by atoms with Gasteiger partial charge in [-0.1, -0.05) is 36.7 Å². The summed E-state index contributed by atoms with van der Waals surface area (Å²) < 4.78 is 39.5. The Balaban J connectivity index is 2.43. The topological polar surface area (TPSA) is 86.8 Å². The van der Waals surface area contributed by atoms with E-state index < -0.39 is 34.3 Å². The lowest BCUT2D eigenvalue weighted by molar-refractivity contribution is -0.140. The summed E-state index contributed by atoms with van der Waals surface area (Å²) in [5.74, 6) is -1.56. The molecule has 0 aliphatic heterocycles. The van der Waals surface area contributed by atoms with Crippen molar-refractivity contribution in [1.82, 2.24) is 10.2 Å². The van der Waals surface area contributed by atoms with E-state index in [0.29, 0.717) is 11.4 Å². The summed E-state index contributed by atoms with van der Waals surface area (Å²) in [6.45, 7) is 4.88. The molecule has 2 aromatic carbocycles. The van der Waals surface area contributed by atoms with Crippen molar-refractivity contribution >= 4 is 39.1 Å². The fourth-order valence-electron chi connectivity index (χ4n) is 3.33. The van der Waals surface area contributed by atoms with E-state index in [0.717, 1.165) is 22.2 Å². The lowest BCUT2D eigenvalue weighted by Gasteiger charge is -2.33. The molecule has 0 aliphatic rings. The van der Waals surface area contributed by atoms with Gasteiger partial charge in [-0.15, -0.1) is 0 Å². The van der Waals surface area contributed by atoms with Gasteiger partial charge in [0.15, 0.2) is 0 Å². The van der Waals surface area contributed by atoms with Gasteiger partial charge in [0.1, 0.15) is 18.4 Å². The number of amides is 2. The maximum atomic E-state index is 13.8. The second-order valence-electron chi connectivity index (χ2n) is 7.98. The minimum atomic E-state index is -3.91. The molecule has 0 saturated heterocycles. The Hall–Kier alpha value is -2.65. The summed E-state index contributed by atoms with van der Waals surface area (Å²) in [6, 6.07) is 10.8. The molecule has 0 fully saturated rings. The van der Waals surface area contributed by atoms with E-state index in [1.165, 1.54) is 23.1 Å². The van der Waals surface area contributed by atoms with E-state index in [4.69, 9.17) is 11.6 Å². The van der Waals surface area contributed by atoms with Crippen LogP contribution in [-0.2, 0) is 26.2 Å². The van der Waals surface area contributed by atoms with Crippen LogP contribution in [0.3, 0.4) is 0 Å². The van der Waals surface area contributed by atoms with Crippen LogP contribution in [0.2, 0.25) is 5.02 Å². The molecule has 1 N–H and O–H groups in total. The van der Waals surface area contributed by atoms with Crippen molar-refractivity contribution in [2.75, 3.05) is 17.1 Å². The molecule has 7 nitrogen and oxygen atoms in total. The summed E-state index contributed by atoms with van der Waals surface area (Å²) in [7, 11) is -3.91. The molecule has 2 rings (SSSR count). The number of carbonyl (C=O) groups excluding carboxylic acids is 2. The van der Waals surface area contributed by atoms with Gasteiger partial charge in [0.25, 0.3) is 0 Å². The van der Waals surface area contributed by atoms with Crippen molar-refractivity contribution in [1.29, 1.82) is 0 Å². The summed E-state index contributed by atoms with van der Waals surface area (Å²) in [4.78, 5) is 27.7. The third kappa shape index (κ3) is 7.71. The first-order chi connectivity index (χ1) is 15.4. The maximum absolute atomic E-state index is 13.8. The largest absolute Gasteiger partial charge is 0.352 e. The van der Waals surface area contributed by atoms with E-state index in [1.54, 1.807) is 31.2 Å². The van der Waals surface area contributed by atoms with Gasteiger partial charge >= 0.3 is 0 Å². The van der Waals surface area contributed by atoms with Gasteiger partial charge in [0, 0.05) is 17.6 Å². The number of halogens is 2. The van der Waals surface area contributed by atoms with Gasteiger partial charge in [-0.05, 0) is 56.2 Å².